The fourth-order valence-corrected chi connectivity index (χ4v) is 7.99. The lowest BCUT2D eigenvalue weighted by atomic mass is 9.90. The zero-order valence-corrected chi connectivity index (χ0v) is 24.2. The molecular weight excluding hydrogens is 531 g/mol. The number of hydrogen-bond donors (Lipinski definition) is 0. The molecule has 1 aliphatic carbocycles. The molecule has 2 atom stereocenters. The van der Waals surface area contributed by atoms with E-state index >= 15 is 0 Å². The van der Waals surface area contributed by atoms with Gasteiger partial charge in [-0.2, -0.15) is 0 Å². The monoisotopic (exact) mass is 568 g/mol. The van der Waals surface area contributed by atoms with Crippen molar-refractivity contribution >= 4 is 29.7 Å². The van der Waals surface area contributed by atoms with E-state index in [1.165, 1.54) is 11.6 Å². The van der Waals surface area contributed by atoms with Crippen molar-refractivity contribution in [3.8, 4) is 0 Å². The highest BCUT2D eigenvalue weighted by atomic mass is 32.2. The second kappa shape index (κ2) is 12.6. The summed E-state index contributed by atoms with van der Waals surface area (Å²) >= 11 is 1.67. The largest absolute Gasteiger partial charge is 0.339 e. The van der Waals surface area contributed by atoms with Gasteiger partial charge in [0.1, 0.15) is 5.82 Å². The smallest absolute Gasteiger partial charge is 0.260 e. The van der Waals surface area contributed by atoms with Gasteiger partial charge < -0.3 is 9.80 Å². The van der Waals surface area contributed by atoms with Gasteiger partial charge in [-0.3, -0.25) is 9.59 Å². The maximum atomic E-state index is 14.5. The highest BCUT2D eigenvalue weighted by molar-refractivity contribution is 8.04. The van der Waals surface area contributed by atoms with Crippen LogP contribution in [0.25, 0.3) is 6.08 Å². The van der Waals surface area contributed by atoms with Gasteiger partial charge in [0, 0.05) is 42.1 Å². The SMILES string of the molecule is O=C(c1ccc(/C=C2\SC3CCCCC3N(Cc3ccccc3F)C2=O)cc1)N1CCC(Cc2ccccc2)CC1. The third-order valence-corrected chi connectivity index (χ3v) is 10.2. The minimum absolute atomic E-state index is 0.0278. The Balaban J connectivity index is 1.12. The quantitative estimate of drug-likeness (QED) is 0.292. The van der Waals surface area contributed by atoms with Gasteiger partial charge in [-0.25, -0.2) is 4.39 Å². The predicted molar refractivity (Wildman–Crippen MR) is 164 cm³/mol. The molecule has 212 valence electrons. The molecular formula is C35H37FN2O2S. The molecule has 3 aliphatic rings. The molecule has 2 aliphatic heterocycles. The lowest BCUT2D eigenvalue weighted by Crippen LogP contribution is -2.50. The lowest BCUT2D eigenvalue weighted by Gasteiger charge is -2.44. The third-order valence-electron chi connectivity index (χ3n) is 8.84. The summed E-state index contributed by atoms with van der Waals surface area (Å²) < 4.78 is 14.5. The number of halogens is 1. The van der Waals surface area contributed by atoms with Gasteiger partial charge in [0.25, 0.3) is 11.8 Å². The van der Waals surface area contributed by atoms with Crippen molar-refractivity contribution in [3.05, 3.63) is 112 Å². The zero-order valence-electron chi connectivity index (χ0n) is 23.4. The summed E-state index contributed by atoms with van der Waals surface area (Å²) in [7, 11) is 0. The summed E-state index contributed by atoms with van der Waals surface area (Å²) in [6, 6.07) is 25.1. The van der Waals surface area contributed by atoms with Gasteiger partial charge in [0.2, 0.25) is 0 Å². The normalized spacial score (nSPS) is 22.6. The first-order valence-corrected chi connectivity index (χ1v) is 15.8. The number of nitrogens with zero attached hydrogens (tertiary/aromatic N) is 2. The van der Waals surface area contributed by atoms with Crippen LogP contribution in [-0.4, -0.2) is 46.0 Å². The van der Waals surface area contributed by atoms with Crippen LogP contribution in [0.15, 0.2) is 83.8 Å². The number of piperidine rings is 1. The van der Waals surface area contributed by atoms with E-state index in [0.717, 1.165) is 63.6 Å². The predicted octanol–water partition coefficient (Wildman–Crippen LogP) is 7.35. The van der Waals surface area contributed by atoms with E-state index in [1.807, 2.05) is 52.3 Å². The molecule has 6 heteroatoms. The van der Waals surface area contributed by atoms with E-state index in [1.54, 1.807) is 23.9 Å². The number of benzene rings is 3. The number of fused-ring (bicyclic) bond motifs is 1. The second-order valence-electron chi connectivity index (χ2n) is 11.6. The molecule has 0 aromatic heterocycles. The van der Waals surface area contributed by atoms with E-state index in [9.17, 15) is 14.0 Å². The Bertz CT molecular complexity index is 1400. The van der Waals surface area contributed by atoms with Crippen LogP contribution in [0.1, 0.15) is 65.6 Å². The molecule has 0 N–H and O–H groups in total. The van der Waals surface area contributed by atoms with Crippen molar-refractivity contribution in [3.63, 3.8) is 0 Å². The molecule has 0 radical (unpaired) electrons. The van der Waals surface area contributed by atoms with Crippen molar-refractivity contribution in [2.24, 2.45) is 5.92 Å². The van der Waals surface area contributed by atoms with Crippen LogP contribution in [0.5, 0.6) is 0 Å². The summed E-state index contributed by atoms with van der Waals surface area (Å²) in [5, 5.41) is 0.324. The summed E-state index contributed by atoms with van der Waals surface area (Å²) in [5.74, 6) is 0.395. The second-order valence-corrected chi connectivity index (χ2v) is 12.9. The number of carbonyl (C=O) groups is 2. The number of hydrogen-bond acceptors (Lipinski definition) is 3. The van der Waals surface area contributed by atoms with E-state index in [0.29, 0.717) is 33.7 Å². The molecule has 0 spiro atoms. The molecule has 3 aromatic carbocycles. The van der Waals surface area contributed by atoms with Gasteiger partial charge in [0.05, 0.1) is 4.91 Å². The van der Waals surface area contributed by atoms with Crippen LogP contribution >= 0.6 is 11.8 Å². The van der Waals surface area contributed by atoms with Crippen LogP contribution in [0.2, 0.25) is 0 Å². The minimum atomic E-state index is -0.267. The van der Waals surface area contributed by atoms with Crippen LogP contribution in [0, 0.1) is 11.7 Å². The highest BCUT2D eigenvalue weighted by Gasteiger charge is 2.40. The molecule has 0 bridgehead atoms. The number of carbonyl (C=O) groups excluding carboxylic acids is 2. The molecule has 1 saturated carbocycles. The van der Waals surface area contributed by atoms with Gasteiger partial charge in [-0.05, 0) is 73.4 Å². The molecule has 2 saturated heterocycles. The molecule has 2 heterocycles. The number of likely N-dealkylation sites (tertiary alicyclic amines) is 1. The Morgan fingerprint density at radius 2 is 1.59 bits per heavy atom. The molecule has 6 rings (SSSR count). The van der Waals surface area contributed by atoms with E-state index in [-0.39, 0.29) is 23.7 Å². The average molecular weight is 569 g/mol. The van der Waals surface area contributed by atoms with Gasteiger partial charge in [-0.15, -0.1) is 11.8 Å². The Morgan fingerprint density at radius 3 is 2.34 bits per heavy atom. The highest BCUT2D eigenvalue weighted by Crippen LogP contribution is 2.43. The minimum Gasteiger partial charge on any atom is -0.339 e. The summed E-state index contributed by atoms with van der Waals surface area (Å²) in [6.07, 6.45) is 9.34. The summed E-state index contributed by atoms with van der Waals surface area (Å²) in [6.45, 7) is 1.86. The Labute approximate surface area is 246 Å². The first kappa shape index (κ1) is 27.8. The number of rotatable bonds is 6. The van der Waals surface area contributed by atoms with Crippen molar-refractivity contribution in [1.29, 1.82) is 0 Å². The Hall–Kier alpha value is -3.38. The van der Waals surface area contributed by atoms with E-state index in [2.05, 4.69) is 24.3 Å². The first-order chi connectivity index (χ1) is 20.0. The van der Waals surface area contributed by atoms with Gasteiger partial charge in [-0.1, -0.05) is 73.5 Å². The Kier molecular flexibility index (Phi) is 8.56. The lowest BCUT2D eigenvalue weighted by molar-refractivity contribution is -0.130. The van der Waals surface area contributed by atoms with Gasteiger partial charge >= 0.3 is 0 Å². The fraction of sp³-hybridized carbons (Fsp3) is 0.371. The molecule has 41 heavy (non-hydrogen) atoms. The van der Waals surface area contributed by atoms with Crippen molar-refractivity contribution in [2.75, 3.05) is 13.1 Å². The van der Waals surface area contributed by atoms with Crippen molar-refractivity contribution in [1.82, 2.24) is 9.80 Å². The van der Waals surface area contributed by atoms with E-state index < -0.39 is 0 Å². The van der Waals surface area contributed by atoms with Crippen molar-refractivity contribution < 1.29 is 14.0 Å². The standard InChI is InChI=1S/C35H37FN2O2S/c36-30-11-5-4-10-29(30)24-38-31-12-6-7-13-32(31)41-33(35(38)40)23-26-14-16-28(17-15-26)34(39)37-20-18-27(19-21-37)22-25-8-2-1-3-9-25/h1-5,8-11,14-17,23,27,31-32H,6-7,12-13,18-22,24H2/b33-23-. The molecule has 3 aromatic rings. The maximum Gasteiger partial charge on any atom is 0.260 e. The van der Waals surface area contributed by atoms with Crippen LogP contribution in [0.3, 0.4) is 0 Å². The molecule has 3 fully saturated rings. The molecule has 2 unspecified atom stereocenters. The average Bonchev–Trinajstić information content (AvgIpc) is 3.01. The summed E-state index contributed by atoms with van der Waals surface area (Å²) in [4.78, 5) is 31.5. The first-order valence-electron chi connectivity index (χ1n) is 14.9. The molecule has 4 nitrogen and oxygen atoms in total. The van der Waals surface area contributed by atoms with Crippen LogP contribution in [-0.2, 0) is 17.8 Å². The molecule has 2 amide bonds. The van der Waals surface area contributed by atoms with Crippen LogP contribution in [0.4, 0.5) is 4.39 Å². The van der Waals surface area contributed by atoms with Crippen molar-refractivity contribution in [2.45, 2.75) is 62.8 Å². The number of thioether (sulfide) groups is 1. The third kappa shape index (κ3) is 6.43. The topological polar surface area (TPSA) is 40.6 Å². The summed E-state index contributed by atoms with van der Waals surface area (Å²) in [5.41, 5.74) is 3.51. The fourth-order valence-electron chi connectivity index (χ4n) is 6.52. The van der Waals surface area contributed by atoms with Gasteiger partial charge in [0.15, 0.2) is 0 Å². The Morgan fingerprint density at radius 1 is 0.878 bits per heavy atom. The van der Waals surface area contributed by atoms with E-state index in [4.69, 9.17) is 0 Å². The maximum absolute atomic E-state index is 14.5. The zero-order chi connectivity index (χ0) is 28.2. The van der Waals surface area contributed by atoms with Crippen LogP contribution < -0.4 is 0 Å². The number of amides is 2.